The van der Waals surface area contributed by atoms with Crippen molar-refractivity contribution >= 4 is 12.0 Å². The molecule has 0 bridgehead atoms. The second-order valence-corrected chi connectivity index (χ2v) is 4.69. The zero-order valence-electron chi connectivity index (χ0n) is 12.4. The van der Waals surface area contributed by atoms with Gasteiger partial charge in [0.15, 0.2) is 24.4 Å². The van der Waals surface area contributed by atoms with Crippen LogP contribution >= 0.6 is 0 Å². The molecule has 0 fully saturated rings. The van der Waals surface area contributed by atoms with E-state index in [9.17, 15) is 4.79 Å². The molecule has 1 N–H and O–H groups in total. The number of ketones is 1. The Hall–Kier alpha value is -2.60. The standard InChI is InChI=1S/C16H18N3O3/c1-2-16(20)14-6-5-8-18(11-14)12-22-13-19-9-4-3-7-15(19)10-17-21/h3-11H,2,12-13H2,1H3/q+1/p+1. The first-order valence-electron chi connectivity index (χ1n) is 7.00. The summed E-state index contributed by atoms with van der Waals surface area (Å²) in [4.78, 5) is 11.7. The summed E-state index contributed by atoms with van der Waals surface area (Å²) in [5, 5.41) is 11.7. The number of oxime groups is 1. The van der Waals surface area contributed by atoms with Crippen molar-refractivity contribution in [3.63, 3.8) is 0 Å². The van der Waals surface area contributed by atoms with E-state index in [4.69, 9.17) is 9.94 Å². The molecule has 0 saturated carbocycles. The van der Waals surface area contributed by atoms with Crippen molar-refractivity contribution in [2.75, 3.05) is 0 Å². The third kappa shape index (κ3) is 4.20. The van der Waals surface area contributed by atoms with Crippen molar-refractivity contribution in [1.82, 2.24) is 0 Å². The largest absolute Gasteiger partial charge is 0.411 e. The Morgan fingerprint density at radius 2 is 2.14 bits per heavy atom. The SMILES string of the molecule is CCC(=O)c1ccc[n+](COC[n+]2ccccc2/C=N/O)c1. The molecule has 2 aromatic heterocycles. The van der Waals surface area contributed by atoms with Crippen molar-refractivity contribution in [2.45, 2.75) is 26.8 Å². The Bertz CT molecular complexity index is 671. The van der Waals surface area contributed by atoms with Crippen molar-refractivity contribution in [1.29, 1.82) is 0 Å². The van der Waals surface area contributed by atoms with Gasteiger partial charge >= 0.3 is 0 Å². The minimum atomic E-state index is 0.105. The van der Waals surface area contributed by atoms with Crippen molar-refractivity contribution in [3.8, 4) is 0 Å². The number of carbonyl (C=O) groups is 1. The number of rotatable bonds is 7. The number of hydrogen-bond acceptors (Lipinski definition) is 4. The molecular formula is C16H19N3O3+2. The van der Waals surface area contributed by atoms with Crippen LogP contribution in [0.1, 0.15) is 29.4 Å². The molecule has 0 spiro atoms. The third-order valence-electron chi connectivity index (χ3n) is 3.14. The molecule has 0 radical (unpaired) electrons. The van der Waals surface area contributed by atoms with Gasteiger partial charge < -0.3 is 5.21 Å². The lowest BCUT2D eigenvalue weighted by atomic mass is 10.1. The van der Waals surface area contributed by atoms with Crippen LogP contribution in [0.15, 0.2) is 54.1 Å². The molecule has 0 saturated heterocycles. The monoisotopic (exact) mass is 301 g/mol. The average molecular weight is 301 g/mol. The summed E-state index contributed by atoms with van der Waals surface area (Å²) < 4.78 is 9.25. The predicted molar refractivity (Wildman–Crippen MR) is 78.4 cm³/mol. The first kappa shape index (κ1) is 15.8. The molecule has 6 heteroatoms. The zero-order chi connectivity index (χ0) is 15.8. The van der Waals surface area contributed by atoms with Crippen molar-refractivity contribution in [3.05, 3.63) is 60.2 Å². The summed E-state index contributed by atoms with van der Waals surface area (Å²) in [7, 11) is 0. The number of pyridine rings is 2. The van der Waals surface area contributed by atoms with Gasteiger partial charge in [0.2, 0.25) is 5.69 Å². The maximum atomic E-state index is 11.7. The lowest BCUT2D eigenvalue weighted by Gasteiger charge is -2.01. The Morgan fingerprint density at radius 1 is 1.27 bits per heavy atom. The molecule has 2 aromatic rings. The molecular weight excluding hydrogens is 282 g/mol. The van der Waals surface area contributed by atoms with Crippen LogP contribution in [0.3, 0.4) is 0 Å². The topological polar surface area (TPSA) is 66.7 Å². The maximum absolute atomic E-state index is 11.7. The zero-order valence-corrected chi connectivity index (χ0v) is 12.4. The molecule has 0 aliphatic heterocycles. The first-order chi connectivity index (χ1) is 10.7. The van der Waals surface area contributed by atoms with E-state index < -0.39 is 0 Å². The molecule has 6 nitrogen and oxygen atoms in total. The molecule has 0 aliphatic rings. The number of hydrogen-bond donors (Lipinski definition) is 1. The quantitative estimate of drug-likeness (QED) is 0.275. The van der Waals surface area contributed by atoms with Gasteiger partial charge in [0.05, 0.1) is 5.56 Å². The van der Waals surface area contributed by atoms with Gasteiger partial charge in [-0.05, 0) is 12.1 Å². The van der Waals surface area contributed by atoms with Crippen molar-refractivity contribution < 1.29 is 23.9 Å². The Labute approximate surface area is 128 Å². The molecule has 22 heavy (non-hydrogen) atoms. The van der Waals surface area contributed by atoms with Crippen LogP contribution < -0.4 is 9.13 Å². The van der Waals surface area contributed by atoms with Gasteiger partial charge in [0.1, 0.15) is 6.21 Å². The number of ether oxygens (including phenoxy) is 1. The van der Waals surface area contributed by atoms with Gasteiger partial charge in [-0.1, -0.05) is 12.1 Å². The van der Waals surface area contributed by atoms with Crippen molar-refractivity contribution in [2.24, 2.45) is 5.16 Å². The van der Waals surface area contributed by atoms with Crippen LogP contribution in [-0.4, -0.2) is 17.2 Å². The lowest BCUT2D eigenvalue weighted by Crippen LogP contribution is -2.43. The van der Waals surface area contributed by atoms with Gasteiger partial charge in [-0.2, -0.15) is 9.13 Å². The van der Waals surface area contributed by atoms with Gasteiger partial charge in [0.25, 0.3) is 13.5 Å². The Kier molecular flexibility index (Phi) is 5.73. The van der Waals surface area contributed by atoms with Gasteiger partial charge in [-0.25, -0.2) is 0 Å². The fraction of sp³-hybridized carbons (Fsp3) is 0.250. The number of nitrogens with zero attached hydrogens (tertiary/aromatic N) is 3. The normalized spacial score (nSPS) is 11.0. The Balaban J connectivity index is 1.98. The molecule has 2 rings (SSSR count). The highest BCUT2D eigenvalue weighted by Crippen LogP contribution is 1.99. The number of Topliss-reactive ketones (excluding diaryl/α,β-unsaturated/α-hetero) is 1. The Morgan fingerprint density at radius 3 is 2.91 bits per heavy atom. The average Bonchev–Trinajstić information content (AvgIpc) is 2.56. The van der Waals surface area contributed by atoms with Crippen LogP contribution in [0.25, 0.3) is 0 Å². The lowest BCUT2D eigenvalue weighted by molar-refractivity contribution is -0.788. The van der Waals surface area contributed by atoms with E-state index in [0.717, 1.165) is 5.69 Å². The summed E-state index contributed by atoms with van der Waals surface area (Å²) in [5.41, 5.74) is 1.40. The number of aromatic nitrogens is 2. The van der Waals surface area contributed by atoms with E-state index in [1.54, 1.807) is 16.8 Å². The molecule has 0 amide bonds. The van der Waals surface area contributed by atoms with Crippen LogP contribution in [0, 0.1) is 0 Å². The highest BCUT2D eigenvalue weighted by Gasteiger charge is 2.11. The third-order valence-corrected chi connectivity index (χ3v) is 3.14. The van der Waals surface area contributed by atoms with E-state index in [1.807, 2.05) is 48.1 Å². The molecule has 114 valence electrons. The molecule has 0 aromatic carbocycles. The van der Waals surface area contributed by atoms with E-state index >= 15 is 0 Å². The minimum Gasteiger partial charge on any atom is -0.411 e. The van der Waals surface area contributed by atoms with E-state index in [0.29, 0.717) is 25.4 Å². The number of carbonyl (C=O) groups excluding carboxylic acids is 1. The fourth-order valence-corrected chi connectivity index (χ4v) is 2.00. The smallest absolute Gasteiger partial charge is 0.258 e. The second-order valence-electron chi connectivity index (χ2n) is 4.69. The van der Waals surface area contributed by atoms with Crippen LogP contribution in [0.4, 0.5) is 0 Å². The molecule has 0 aliphatic carbocycles. The van der Waals surface area contributed by atoms with E-state index in [-0.39, 0.29) is 5.78 Å². The van der Waals surface area contributed by atoms with Gasteiger partial charge in [-0.3, -0.25) is 9.53 Å². The minimum absolute atomic E-state index is 0.105. The highest BCUT2D eigenvalue weighted by molar-refractivity contribution is 5.95. The van der Waals surface area contributed by atoms with Gasteiger partial charge in [0, 0.05) is 24.6 Å². The second kappa shape index (κ2) is 7.99. The summed E-state index contributed by atoms with van der Waals surface area (Å²) in [5.74, 6) is 0.105. The van der Waals surface area contributed by atoms with Crippen LogP contribution in [0.2, 0.25) is 0 Å². The van der Waals surface area contributed by atoms with Gasteiger partial charge in [-0.15, -0.1) is 0 Å². The highest BCUT2D eigenvalue weighted by atomic mass is 16.5. The fourth-order valence-electron chi connectivity index (χ4n) is 2.00. The molecule has 0 unspecified atom stereocenters. The van der Waals surface area contributed by atoms with Crippen LogP contribution in [0.5, 0.6) is 0 Å². The van der Waals surface area contributed by atoms with Crippen LogP contribution in [-0.2, 0) is 18.2 Å². The predicted octanol–water partition coefficient (Wildman–Crippen LogP) is 1.29. The maximum Gasteiger partial charge on any atom is 0.258 e. The molecule has 2 heterocycles. The van der Waals surface area contributed by atoms with E-state index in [2.05, 4.69) is 5.16 Å². The molecule has 0 atom stereocenters. The van der Waals surface area contributed by atoms with E-state index in [1.165, 1.54) is 6.21 Å². The summed E-state index contributed by atoms with van der Waals surface area (Å²) >= 11 is 0. The first-order valence-corrected chi connectivity index (χ1v) is 7.00. The summed E-state index contributed by atoms with van der Waals surface area (Å²) in [6.07, 6.45) is 7.28. The summed E-state index contributed by atoms with van der Waals surface area (Å²) in [6, 6.07) is 9.15. The summed E-state index contributed by atoms with van der Waals surface area (Å²) in [6.45, 7) is 2.47.